The topological polar surface area (TPSA) is 95.8 Å². The molecule has 0 aromatic heterocycles. The van der Waals surface area contributed by atoms with Crippen LogP contribution in [-0.2, 0) is 31.9 Å². The monoisotopic (exact) mass is 534 g/mol. The van der Waals surface area contributed by atoms with E-state index in [1.807, 2.05) is 48.5 Å². The molecular weight excluding hydrogens is 492 g/mol. The van der Waals surface area contributed by atoms with E-state index >= 15 is 0 Å². The smallest absolute Gasteiger partial charge is 0.192 e. The van der Waals surface area contributed by atoms with Crippen LogP contribution in [0.25, 0.3) is 0 Å². The van der Waals surface area contributed by atoms with Crippen LogP contribution in [0.2, 0.25) is 18.1 Å². The van der Waals surface area contributed by atoms with Gasteiger partial charge in [-0.25, -0.2) is 0 Å². The first-order chi connectivity index (χ1) is 17.4. The van der Waals surface area contributed by atoms with Crippen LogP contribution >= 0.6 is 0 Å². The summed E-state index contributed by atoms with van der Waals surface area (Å²) in [6.45, 7) is 11.5. The fraction of sp³-hybridized carbons (Fsp3) is 0.571. The fourth-order valence-corrected chi connectivity index (χ4v) is 4.78. The molecule has 1 aliphatic rings. The molecule has 37 heavy (non-hydrogen) atoms. The Morgan fingerprint density at radius 2 is 1.24 bits per heavy atom. The van der Waals surface area contributed by atoms with Gasteiger partial charge in [-0.15, -0.1) is 0 Å². The molecular formula is C28H42O8Si. The van der Waals surface area contributed by atoms with Crippen molar-refractivity contribution >= 4 is 8.32 Å². The van der Waals surface area contributed by atoms with E-state index in [2.05, 4.69) is 33.9 Å². The highest BCUT2D eigenvalue weighted by Gasteiger charge is 2.48. The van der Waals surface area contributed by atoms with Crippen molar-refractivity contribution in [2.24, 2.45) is 0 Å². The molecule has 3 rings (SSSR count). The molecule has 0 amide bonds. The van der Waals surface area contributed by atoms with Gasteiger partial charge in [0.2, 0.25) is 0 Å². The minimum atomic E-state index is -2.10. The van der Waals surface area contributed by atoms with Gasteiger partial charge >= 0.3 is 0 Å². The van der Waals surface area contributed by atoms with Crippen LogP contribution in [0.3, 0.4) is 0 Å². The maximum Gasteiger partial charge on any atom is 0.192 e. The number of benzene rings is 2. The Morgan fingerprint density at radius 1 is 0.784 bits per heavy atom. The Kier molecular flexibility index (Phi) is 10.2. The molecule has 2 aromatic carbocycles. The second-order valence-corrected chi connectivity index (χ2v) is 15.7. The van der Waals surface area contributed by atoms with Crippen LogP contribution in [0.5, 0.6) is 11.5 Å². The molecule has 0 spiro atoms. The summed E-state index contributed by atoms with van der Waals surface area (Å²) in [4.78, 5) is 0. The molecule has 8 nitrogen and oxygen atoms in total. The number of rotatable bonds is 11. The molecule has 9 heteroatoms. The van der Waals surface area contributed by atoms with Gasteiger partial charge < -0.3 is 38.3 Å². The SMILES string of the molecule is COc1ccc(CO[C@@H]2[C@@H](O)[C@@H](O)O[C@H](CO[Si](C)(C)C(C)(C)C)[C@H]2OCc2ccc(OC)cc2)cc1. The molecule has 2 aromatic rings. The van der Waals surface area contributed by atoms with Crippen molar-refractivity contribution in [3.63, 3.8) is 0 Å². The van der Waals surface area contributed by atoms with Gasteiger partial charge in [0.1, 0.15) is 35.9 Å². The number of aliphatic hydroxyl groups excluding tert-OH is 2. The molecule has 1 saturated heterocycles. The van der Waals surface area contributed by atoms with Gasteiger partial charge in [0, 0.05) is 0 Å². The van der Waals surface area contributed by atoms with Crippen molar-refractivity contribution in [2.45, 2.75) is 82.8 Å². The second-order valence-electron chi connectivity index (χ2n) is 10.9. The van der Waals surface area contributed by atoms with Crippen LogP contribution < -0.4 is 9.47 Å². The van der Waals surface area contributed by atoms with E-state index in [4.69, 9.17) is 28.1 Å². The van der Waals surface area contributed by atoms with Crippen molar-refractivity contribution in [3.05, 3.63) is 59.7 Å². The molecule has 1 aliphatic heterocycles. The van der Waals surface area contributed by atoms with Crippen LogP contribution in [0.15, 0.2) is 48.5 Å². The quantitative estimate of drug-likeness (QED) is 0.413. The summed E-state index contributed by atoms with van der Waals surface area (Å²) in [6, 6.07) is 15.1. The Bertz CT molecular complexity index is 958. The number of hydrogen-bond acceptors (Lipinski definition) is 8. The summed E-state index contributed by atoms with van der Waals surface area (Å²) in [7, 11) is 1.13. The Labute approximate surface area is 221 Å². The molecule has 0 aliphatic carbocycles. The molecule has 1 heterocycles. The molecule has 2 N–H and O–H groups in total. The third-order valence-corrected chi connectivity index (χ3v) is 11.8. The highest BCUT2D eigenvalue weighted by atomic mass is 28.4. The highest BCUT2D eigenvalue weighted by molar-refractivity contribution is 6.74. The summed E-state index contributed by atoms with van der Waals surface area (Å²) in [5, 5.41) is 21.4. The minimum Gasteiger partial charge on any atom is -0.497 e. The molecule has 0 saturated carbocycles. The summed E-state index contributed by atoms with van der Waals surface area (Å²) >= 11 is 0. The molecule has 206 valence electrons. The number of methoxy groups -OCH3 is 2. The summed E-state index contributed by atoms with van der Waals surface area (Å²) < 4.78 is 35.2. The first-order valence-electron chi connectivity index (χ1n) is 12.6. The summed E-state index contributed by atoms with van der Waals surface area (Å²) in [5.74, 6) is 1.50. The lowest BCUT2D eigenvalue weighted by molar-refractivity contribution is -0.304. The van der Waals surface area contributed by atoms with Crippen molar-refractivity contribution in [1.29, 1.82) is 0 Å². The molecule has 0 unspecified atom stereocenters. The maximum atomic E-state index is 10.9. The Hall–Kier alpha value is -1.98. The molecule has 1 fully saturated rings. The van der Waals surface area contributed by atoms with E-state index in [1.54, 1.807) is 14.2 Å². The first kappa shape index (κ1) is 29.6. The largest absolute Gasteiger partial charge is 0.497 e. The van der Waals surface area contributed by atoms with Crippen molar-refractivity contribution in [2.75, 3.05) is 20.8 Å². The second kappa shape index (κ2) is 12.7. The van der Waals surface area contributed by atoms with Crippen LogP contribution in [-0.4, -0.2) is 70.1 Å². The van der Waals surface area contributed by atoms with Crippen LogP contribution in [0.1, 0.15) is 31.9 Å². The average molecular weight is 535 g/mol. The lowest BCUT2D eigenvalue weighted by Crippen LogP contribution is -2.61. The fourth-order valence-electron chi connectivity index (χ4n) is 3.77. The predicted molar refractivity (Wildman–Crippen MR) is 143 cm³/mol. The van der Waals surface area contributed by atoms with Gasteiger partial charge in [0.05, 0.1) is 34.0 Å². The van der Waals surface area contributed by atoms with Crippen LogP contribution in [0.4, 0.5) is 0 Å². The van der Waals surface area contributed by atoms with E-state index < -0.39 is 39.0 Å². The third kappa shape index (κ3) is 7.76. The number of aliphatic hydroxyl groups is 2. The Morgan fingerprint density at radius 3 is 1.68 bits per heavy atom. The standard InChI is InChI=1S/C28H42O8Si/c1-28(2,3)37(6,7)35-18-23-25(33-16-19-8-12-21(31-4)13-9-19)26(24(29)27(30)36-23)34-17-20-10-14-22(32-5)15-11-20/h8-15,23-27,29-30H,16-18H2,1-7H3/t23-,24-,25-,26-,27+/m1/s1. The van der Waals surface area contributed by atoms with Crippen LogP contribution in [0, 0.1) is 0 Å². The average Bonchev–Trinajstić information content (AvgIpc) is 2.87. The maximum absolute atomic E-state index is 10.9. The van der Waals surface area contributed by atoms with Gasteiger partial charge in [-0.2, -0.15) is 0 Å². The van der Waals surface area contributed by atoms with E-state index in [9.17, 15) is 10.2 Å². The van der Waals surface area contributed by atoms with E-state index in [0.717, 1.165) is 22.6 Å². The number of ether oxygens (including phenoxy) is 5. The van der Waals surface area contributed by atoms with Crippen molar-refractivity contribution < 1.29 is 38.3 Å². The normalized spacial score (nSPS) is 24.6. The van der Waals surface area contributed by atoms with Crippen molar-refractivity contribution in [1.82, 2.24) is 0 Å². The van der Waals surface area contributed by atoms with Crippen molar-refractivity contribution in [3.8, 4) is 11.5 Å². The predicted octanol–water partition coefficient (Wildman–Crippen LogP) is 4.27. The molecule has 0 radical (unpaired) electrons. The van der Waals surface area contributed by atoms with Gasteiger partial charge in [-0.1, -0.05) is 45.0 Å². The van der Waals surface area contributed by atoms with E-state index in [0.29, 0.717) is 0 Å². The summed E-state index contributed by atoms with van der Waals surface area (Å²) in [5.41, 5.74) is 1.83. The lowest BCUT2D eigenvalue weighted by atomic mass is 9.98. The summed E-state index contributed by atoms with van der Waals surface area (Å²) in [6.07, 6.45) is -4.86. The number of hydrogen-bond donors (Lipinski definition) is 2. The Balaban J connectivity index is 1.79. The van der Waals surface area contributed by atoms with E-state index in [-0.39, 0.29) is 24.9 Å². The zero-order chi connectivity index (χ0) is 27.2. The first-order valence-corrected chi connectivity index (χ1v) is 15.5. The van der Waals surface area contributed by atoms with Gasteiger partial charge in [-0.05, 0) is 53.5 Å². The van der Waals surface area contributed by atoms with Gasteiger partial charge in [0.15, 0.2) is 14.6 Å². The lowest BCUT2D eigenvalue weighted by Gasteiger charge is -2.44. The zero-order valence-corrected chi connectivity index (χ0v) is 24.0. The minimum absolute atomic E-state index is 0.00348. The molecule has 5 atom stereocenters. The van der Waals surface area contributed by atoms with Gasteiger partial charge in [0.25, 0.3) is 0 Å². The van der Waals surface area contributed by atoms with Gasteiger partial charge in [-0.3, -0.25) is 0 Å². The third-order valence-electron chi connectivity index (χ3n) is 7.25. The van der Waals surface area contributed by atoms with E-state index in [1.165, 1.54) is 0 Å². The molecule has 0 bridgehead atoms. The highest BCUT2D eigenvalue weighted by Crippen LogP contribution is 2.37. The zero-order valence-electron chi connectivity index (χ0n) is 23.0.